The van der Waals surface area contributed by atoms with Crippen molar-refractivity contribution in [3.05, 3.63) is 76.7 Å². The highest BCUT2D eigenvalue weighted by Crippen LogP contribution is 2.29. The van der Waals surface area contributed by atoms with E-state index in [0.717, 1.165) is 23.4 Å². The Morgan fingerprint density at radius 3 is 2.43 bits per heavy atom. The fraction of sp³-hybridized carbons (Fsp3) is 0.318. The van der Waals surface area contributed by atoms with Gasteiger partial charge in [0.1, 0.15) is 0 Å². The number of aromatic nitrogens is 3. The summed E-state index contributed by atoms with van der Waals surface area (Å²) in [6.07, 6.45) is -3.52. The lowest BCUT2D eigenvalue weighted by Crippen LogP contribution is -2.29. The van der Waals surface area contributed by atoms with Gasteiger partial charge in [-0.05, 0) is 37.5 Å². The van der Waals surface area contributed by atoms with Crippen molar-refractivity contribution >= 4 is 5.91 Å². The van der Waals surface area contributed by atoms with Crippen LogP contribution < -0.4 is 5.32 Å². The fourth-order valence-electron chi connectivity index (χ4n) is 3.22. The first-order valence-electron chi connectivity index (χ1n) is 9.57. The summed E-state index contributed by atoms with van der Waals surface area (Å²) in [5.41, 5.74) is 2.37. The molecule has 5 nitrogen and oxygen atoms in total. The summed E-state index contributed by atoms with van der Waals surface area (Å²) in [6.45, 7) is 6.09. The summed E-state index contributed by atoms with van der Waals surface area (Å²) < 4.78 is 39.7. The summed E-state index contributed by atoms with van der Waals surface area (Å²) in [5.74, 6) is 0.313. The molecule has 8 heteroatoms. The Kier molecular flexibility index (Phi) is 6.24. The van der Waals surface area contributed by atoms with Crippen molar-refractivity contribution < 1.29 is 18.0 Å². The average Bonchev–Trinajstić information content (AvgIpc) is 3.00. The molecule has 2 heterocycles. The molecule has 158 valence electrons. The number of carbonyl (C=O) groups is 1. The van der Waals surface area contributed by atoms with Gasteiger partial charge in [0.15, 0.2) is 5.82 Å². The average molecular weight is 416 g/mol. The molecule has 0 spiro atoms. The van der Waals surface area contributed by atoms with Crippen LogP contribution in [0.1, 0.15) is 40.9 Å². The van der Waals surface area contributed by atoms with Gasteiger partial charge in [-0.3, -0.25) is 4.79 Å². The summed E-state index contributed by atoms with van der Waals surface area (Å²) in [4.78, 5) is 16.3. The molecule has 0 unspecified atom stereocenters. The van der Waals surface area contributed by atoms with E-state index in [9.17, 15) is 18.0 Å². The highest BCUT2D eigenvalue weighted by atomic mass is 19.4. The number of pyridine rings is 1. The summed E-state index contributed by atoms with van der Waals surface area (Å²) in [6, 6.07) is 12.2. The van der Waals surface area contributed by atoms with Crippen LogP contribution in [0.15, 0.2) is 48.7 Å². The predicted octanol–water partition coefficient (Wildman–Crippen LogP) is 4.37. The largest absolute Gasteiger partial charge is 0.417 e. The standard InChI is InChI=1S/C22H23F3N4O/c1-14(17-7-5-4-6-8-17)12-27-21(30)11-19-15(2)28-29(16(19)3)20-10-9-18(13-26-20)22(23,24)25/h4-10,13-14H,11-12H2,1-3H3,(H,27,30)/t14-/m0/s1. The number of hydrogen-bond acceptors (Lipinski definition) is 3. The number of amides is 1. The number of alkyl halides is 3. The van der Waals surface area contributed by atoms with Crippen LogP contribution in [-0.4, -0.2) is 27.2 Å². The number of rotatable bonds is 6. The van der Waals surface area contributed by atoms with Crippen LogP contribution in [-0.2, 0) is 17.4 Å². The first-order valence-corrected chi connectivity index (χ1v) is 9.57. The molecule has 0 aliphatic rings. The monoisotopic (exact) mass is 416 g/mol. The van der Waals surface area contributed by atoms with Crippen molar-refractivity contribution in [3.63, 3.8) is 0 Å². The van der Waals surface area contributed by atoms with Gasteiger partial charge in [-0.25, -0.2) is 9.67 Å². The molecule has 3 rings (SSSR count). The minimum atomic E-state index is -4.44. The maximum Gasteiger partial charge on any atom is 0.417 e. The molecule has 2 aromatic heterocycles. The van der Waals surface area contributed by atoms with E-state index >= 15 is 0 Å². The van der Waals surface area contributed by atoms with E-state index in [1.54, 1.807) is 13.8 Å². The fourth-order valence-corrected chi connectivity index (χ4v) is 3.22. The molecule has 3 aromatic rings. The molecular formula is C22H23F3N4O. The second kappa shape index (κ2) is 8.69. The molecule has 1 amide bonds. The van der Waals surface area contributed by atoms with Crippen LogP contribution in [0.4, 0.5) is 13.2 Å². The van der Waals surface area contributed by atoms with E-state index in [-0.39, 0.29) is 24.1 Å². The Labute approximate surface area is 173 Å². The van der Waals surface area contributed by atoms with E-state index in [2.05, 4.69) is 15.4 Å². The number of carbonyl (C=O) groups excluding carboxylic acids is 1. The van der Waals surface area contributed by atoms with Gasteiger partial charge in [0, 0.05) is 24.0 Å². The Morgan fingerprint density at radius 1 is 1.13 bits per heavy atom. The maximum atomic E-state index is 12.7. The lowest BCUT2D eigenvalue weighted by atomic mass is 10.0. The number of hydrogen-bond donors (Lipinski definition) is 1. The highest BCUT2D eigenvalue weighted by Gasteiger charge is 2.30. The molecule has 1 aromatic carbocycles. The third kappa shape index (κ3) is 4.87. The zero-order chi connectivity index (χ0) is 21.9. The quantitative estimate of drug-likeness (QED) is 0.649. The number of nitrogens with one attached hydrogen (secondary N) is 1. The zero-order valence-corrected chi connectivity index (χ0v) is 17.0. The minimum absolute atomic E-state index is 0.135. The topological polar surface area (TPSA) is 59.8 Å². The third-order valence-electron chi connectivity index (χ3n) is 5.04. The van der Waals surface area contributed by atoms with Crippen LogP contribution in [0.2, 0.25) is 0 Å². The van der Waals surface area contributed by atoms with Crippen molar-refractivity contribution in [2.45, 2.75) is 39.3 Å². The van der Waals surface area contributed by atoms with Crippen LogP contribution in [0, 0.1) is 13.8 Å². The van der Waals surface area contributed by atoms with Crippen molar-refractivity contribution in [1.29, 1.82) is 0 Å². The van der Waals surface area contributed by atoms with Gasteiger partial charge in [-0.2, -0.15) is 18.3 Å². The zero-order valence-electron chi connectivity index (χ0n) is 17.0. The van der Waals surface area contributed by atoms with Gasteiger partial charge < -0.3 is 5.32 Å². The van der Waals surface area contributed by atoms with Crippen LogP contribution in [0.25, 0.3) is 5.82 Å². The normalized spacial score (nSPS) is 12.6. The second-order valence-corrected chi connectivity index (χ2v) is 7.26. The van der Waals surface area contributed by atoms with Gasteiger partial charge in [-0.1, -0.05) is 37.3 Å². The van der Waals surface area contributed by atoms with Crippen molar-refractivity contribution in [1.82, 2.24) is 20.1 Å². The van der Waals surface area contributed by atoms with Crippen LogP contribution >= 0.6 is 0 Å². The van der Waals surface area contributed by atoms with E-state index in [4.69, 9.17) is 0 Å². The number of nitrogens with zero attached hydrogens (tertiary/aromatic N) is 3. The molecule has 0 saturated heterocycles. The molecule has 1 N–H and O–H groups in total. The van der Waals surface area contributed by atoms with Gasteiger partial charge in [-0.15, -0.1) is 0 Å². The molecule has 1 atom stereocenters. The van der Waals surface area contributed by atoms with Gasteiger partial charge in [0.05, 0.1) is 17.7 Å². The molecule has 30 heavy (non-hydrogen) atoms. The number of benzene rings is 1. The van der Waals surface area contributed by atoms with Crippen LogP contribution in [0.3, 0.4) is 0 Å². The highest BCUT2D eigenvalue weighted by molar-refractivity contribution is 5.79. The molecule has 0 radical (unpaired) electrons. The Morgan fingerprint density at radius 2 is 1.83 bits per heavy atom. The van der Waals surface area contributed by atoms with Crippen molar-refractivity contribution in [3.8, 4) is 5.82 Å². The molecule has 0 aliphatic heterocycles. The molecular weight excluding hydrogens is 393 g/mol. The van der Waals surface area contributed by atoms with Crippen molar-refractivity contribution in [2.24, 2.45) is 0 Å². The lowest BCUT2D eigenvalue weighted by molar-refractivity contribution is -0.137. The molecule has 0 bridgehead atoms. The Balaban J connectivity index is 1.69. The maximum absolute atomic E-state index is 12.7. The molecule has 0 saturated carbocycles. The SMILES string of the molecule is Cc1nn(-c2ccc(C(F)(F)F)cn2)c(C)c1CC(=O)NC[C@H](C)c1ccccc1. The Hall–Kier alpha value is -3.16. The Bertz CT molecular complexity index is 1010. The van der Waals surface area contributed by atoms with E-state index < -0.39 is 11.7 Å². The van der Waals surface area contributed by atoms with Crippen LogP contribution in [0.5, 0.6) is 0 Å². The molecule has 0 fully saturated rings. The predicted molar refractivity (Wildman–Crippen MR) is 107 cm³/mol. The smallest absolute Gasteiger partial charge is 0.355 e. The van der Waals surface area contributed by atoms with E-state index in [1.165, 1.54) is 10.7 Å². The second-order valence-electron chi connectivity index (χ2n) is 7.26. The third-order valence-corrected chi connectivity index (χ3v) is 5.04. The number of halogens is 3. The van der Waals surface area contributed by atoms with Gasteiger partial charge in [0.25, 0.3) is 0 Å². The first-order chi connectivity index (χ1) is 14.2. The lowest BCUT2D eigenvalue weighted by Gasteiger charge is -2.13. The molecule has 0 aliphatic carbocycles. The minimum Gasteiger partial charge on any atom is -0.355 e. The first kappa shape index (κ1) is 21.5. The number of aryl methyl sites for hydroxylation is 1. The van der Waals surface area contributed by atoms with E-state index in [0.29, 0.717) is 17.9 Å². The summed E-state index contributed by atoms with van der Waals surface area (Å²) >= 11 is 0. The summed E-state index contributed by atoms with van der Waals surface area (Å²) in [7, 11) is 0. The van der Waals surface area contributed by atoms with Gasteiger partial charge in [0.2, 0.25) is 5.91 Å². The van der Waals surface area contributed by atoms with E-state index in [1.807, 2.05) is 37.3 Å². The van der Waals surface area contributed by atoms with Crippen molar-refractivity contribution in [2.75, 3.05) is 6.54 Å². The summed E-state index contributed by atoms with van der Waals surface area (Å²) in [5, 5.41) is 7.30. The van der Waals surface area contributed by atoms with Gasteiger partial charge >= 0.3 is 6.18 Å².